The number of rotatable bonds is 12. The second kappa shape index (κ2) is 17.3. The van der Waals surface area contributed by atoms with Crippen molar-refractivity contribution in [2.24, 2.45) is 20.4 Å². The minimum atomic E-state index is 0. The molecule has 0 unspecified atom stereocenters. The zero-order valence-corrected chi connectivity index (χ0v) is 25.8. The number of hydrazone groups is 1. The number of nitrogens with one attached hydrogen (secondary N) is 1. The Morgan fingerprint density at radius 2 is 1.00 bits per heavy atom. The average molecular weight is 677 g/mol. The van der Waals surface area contributed by atoms with Gasteiger partial charge in [0.25, 0.3) is 0 Å². The van der Waals surface area contributed by atoms with E-state index >= 15 is 0 Å². The average Bonchev–Trinajstić information content (AvgIpc) is 3.00. The summed E-state index contributed by atoms with van der Waals surface area (Å²) >= 11 is 0. The molecule has 0 bridgehead atoms. The Balaban J connectivity index is 0.00000588. The standard InChI is InChI=1S/C28H32N6O6.HI/c1-35-22-10-7-19(13-25(22)38-4)16-29-32-28(33-30-17-20-8-11-23(36-2)26(14-20)39-5)34-31-18-21-9-12-24(37-3)27(15-21)40-6;/h7-18H,1-6H3,(H2,32,33,34);1H/b29-16-,30-17-,31-18-;. The summed E-state index contributed by atoms with van der Waals surface area (Å²) in [5, 5.41) is 17.0. The van der Waals surface area contributed by atoms with Gasteiger partial charge in [-0.05, 0) is 65.7 Å². The van der Waals surface area contributed by atoms with Crippen molar-refractivity contribution in [2.75, 3.05) is 42.7 Å². The highest BCUT2D eigenvalue weighted by Gasteiger charge is 2.07. The highest BCUT2D eigenvalue weighted by molar-refractivity contribution is 5.84. The van der Waals surface area contributed by atoms with Crippen molar-refractivity contribution >= 4 is 24.6 Å². The summed E-state index contributed by atoms with van der Waals surface area (Å²) in [7, 11) is 9.46. The smallest absolute Gasteiger partial charge is 0.365 e. The quantitative estimate of drug-likeness (QED) is 0.0882. The van der Waals surface area contributed by atoms with Gasteiger partial charge in [-0.1, -0.05) is 10.2 Å². The van der Waals surface area contributed by atoms with Crippen LogP contribution in [0, 0.1) is 0 Å². The first-order chi connectivity index (χ1) is 19.5. The van der Waals surface area contributed by atoms with Crippen molar-refractivity contribution < 1.29 is 57.8 Å². The molecule has 3 aromatic carbocycles. The minimum Gasteiger partial charge on any atom is -1.00 e. The van der Waals surface area contributed by atoms with Gasteiger partial charge in [-0.15, -0.1) is 0 Å². The molecule has 0 aliphatic heterocycles. The summed E-state index contributed by atoms with van der Waals surface area (Å²) in [5.74, 6) is 3.92. The first kappa shape index (κ1) is 32.8. The van der Waals surface area contributed by atoms with E-state index in [1.807, 2.05) is 24.3 Å². The van der Waals surface area contributed by atoms with Gasteiger partial charge in [-0.25, -0.2) is 5.43 Å². The molecular weight excluding hydrogens is 643 g/mol. The molecule has 13 heteroatoms. The predicted octanol–water partition coefficient (Wildman–Crippen LogP) is -0.347. The number of hydrogen-bond acceptors (Lipinski definition) is 10. The van der Waals surface area contributed by atoms with Crippen molar-refractivity contribution in [1.29, 1.82) is 0 Å². The Morgan fingerprint density at radius 1 is 0.585 bits per heavy atom. The van der Waals surface area contributed by atoms with E-state index in [4.69, 9.17) is 28.4 Å². The lowest BCUT2D eigenvalue weighted by molar-refractivity contribution is -0.549. The van der Waals surface area contributed by atoms with E-state index in [1.165, 1.54) is 5.43 Å². The summed E-state index contributed by atoms with van der Waals surface area (Å²) < 4.78 is 31.9. The van der Waals surface area contributed by atoms with E-state index < -0.39 is 0 Å². The van der Waals surface area contributed by atoms with Gasteiger partial charge >= 0.3 is 5.96 Å². The zero-order chi connectivity index (χ0) is 28.7. The van der Waals surface area contributed by atoms with Crippen LogP contribution < -0.4 is 63.2 Å². The van der Waals surface area contributed by atoms with E-state index in [-0.39, 0.29) is 29.9 Å². The number of ether oxygens (including phenoxy) is 6. The third-order valence-corrected chi connectivity index (χ3v) is 5.41. The molecule has 0 atom stereocenters. The number of hydrogen-bond donors (Lipinski definition) is 2. The van der Waals surface area contributed by atoms with Crippen molar-refractivity contribution in [3.8, 4) is 34.5 Å². The summed E-state index contributed by atoms with van der Waals surface area (Å²) in [6.45, 7) is 0. The van der Waals surface area contributed by atoms with E-state index in [9.17, 15) is 0 Å². The predicted molar refractivity (Wildman–Crippen MR) is 154 cm³/mol. The highest BCUT2D eigenvalue weighted by Crippen LogP contribution is 2.28. The summed E-state index contributed by atoms with van der Waals surface area (Å²) in [6, 6.07) is 16.3. The number of benzene rings is 3. The lowest BCUT2D eigenvalue weighted by Gasteiger charge is -2.07. The maximum absolute atomic E-state index is 5.35. The van der Waals surface area contributed by atoms with Crippen LogP contribution in [-0.4, -0.2) is 67.3 Å². The number of methoxy groups -OCH3 is 6. The number of nitrogens with two attached hydrogens (primary N) is 1. The molecule has 3 aromatic rings. The molecule has 0 aliphatic rings. The van der Waals surface area contributed by atoms with Crippen LogP contribution in [-0.2, 0) is 0 Å². The van der Waals surface area contributed by atoms with Gasteiger partial charge in [0.1, 0.15) is 0 Å². The molecule has 0 aromatic heterocycles. The molecular formula is C28H33IN6O6. The Morgan fingerprint density at radius 3 is 1.44 bits per heavy atom. The second-order valence-electron chi connectivity index (χ2n) is 7.85. The van der Waals surface area contributed by atoms with Crippen LogP contribution in [0.2, 0.25) is 0 Å². The zero-order valence-electron chi connectivity index (χ0n) is 23.6. The van der Waals surface area contributed by atoms with Crippen molar-refractivity contribution in [1.82, 2.24) is 5.43 Å². The summed E-state index contributed by atoms with van der Waals surface area (Å²) in [4.78, 5) is 0. The fraction of sp³-hybridized carbons (Fsp3) is 0.214. The monoisotopic (exact) mass is 676 g/mol. The van der Waals surface area contributed by atoms with Crippen LogP contribution in [0.5, 0.6) is 34.5 Å². The maximum atomic E-state index is 5.35. The van der Waals surface area contributed by atoms with Gasteiger partial charge in [-0.3, -0.25) is 0 Å². The van der Waals surface area contributed by atoms with E-state index in [0.717, 1.165) is 16.7 Å². The Kier molecular flexibility index (Phi) is 13.9. The largest absolute Gasteiger partial charge is 1.00 e. The van der Waals surface area contributed by atoms with Gasteiger partial charge in [0, 0.05) is 5.56 Å². The molecule has 0 fully saturated rings. The van der Waals surface area contributed by atoms with Gasteiger partial charge in [0.15, 0.2) is 34.5 Å². The molecule has 3 rings (SSSR count). The van der Waals surface area contributed by atoms with Gasteiger partial charge in [0.05, 0.1) is 61.3 Å². The van der Waals surface area contributed by atoms with Gasteiger partial charge in [-0.2, -0.15) is 15.6 Å². The Bertz CT molecular complexity index is 1330. The molecule has 0 saturated heterocycles. The molecule has 0 aliphatic carbocycles. The molecule has 3 N–H and O–H groups in total. The van der Waals surface area contributed by atoms with Crippen molar-refractivity contribution in [3.05, 3.63) is 71.3 Å². The SMILES string of the molecule is COc1ccc(/C=N\N=C(/N/N=C\c2ccc(OC)c(OC)c2)[NH2+]/N=C\c2ccc(OC)c(OC)c2)cc1OC.[I-]. The third-order valence-electron chi connectivity index (χ3n) is 5.41. The second-order valence-corrected chi connectivity index (χ2v) is 7.85. The number of quaternary nitrogens is 1. The molecule has 0 amide bonds. The van der Waals surface area contributed by atoms with Crippen LogP contribution in [0.25, 0.3) is 0 Å². The first-order valence-corrected chi connectivity index (χ1v) is 12.0. The van der Waals surface area contributed by atoms with E-state index in [0.29, 0.717) is 34.5 Å². The van der Waals surface area contributed by atoms with Gasteiger partial charge < -0.3 is 52.4 Å². The number of halogens is 1. The maximum Gasteiger partial charge on any atom is 0.365 e. The topological polar surface area (TPSA) is 133 Å². The van der Waals surface area contributed by atoms with Gasteiger partial charge in [0.2, 0.25) is 0 Å². The molecule has 0 radical (unpaired) electrons. The number of nitrogens with zero attached hydrogens (tertiary/aromatic N) is 4. The summed E-state index contributed by atoms with van der Waals surface area (Å²) in [6.07, 6.45) is 4.84. The molecule has 12 nitrogen and oxygen atoms in total. The fourth-order valence-corrected chi connectivity index (χ4v) is 3.40. The molecule has 0 heterocycles. The summed E-state index contributed by atoms with van der Waals surface area (Å²) in [5.41, 5.74) is 6.71. The molecule has 0 saturated carbocycles. The van der Waals surface area contributed by atoms with Crippen molar-refractivity contribution in [2.45, 2.75) is 0 Å². The Hall–Kier alpha value is -4.37. The number of guanidine groups is 1. The Labute approximate surface area is 256 Å². The normalized spacial score (nSPS) is 11.4. The molecule has 218 valence electrons. The lowest BCUT2D eigenvalue weighted by atomic mass is 10.2. The first-order valence-electron chi connectivity index (χ1n) is 12.0. The minimum absolute atomic E-state index is 0. The van der Waals surface area contributed by atoms with Crippen LogP contribution in [0.3, 0.4) is 0 Å². The molecule has 0 spiro atoms. The van der Waals surface area contributed by atoms with Crippen LogP contribution in [0.15, 0.2) is 75.0 Å². The lowest BCUT2D eigenvalue weighted by Crippen LogP contribution is -3.00. The third kappa shape index (κ3) is 9.65. The van der Waals surface area contributed by atoms with Crippen molar-refractivity contribution in [3.63, 3.8) is 0 Å². The molecule has 41 heavy (non-hydrogen) atoms. The highest BCUT2D eigenvalue weighted by atomic mass is 127. The van der Waals surface area contributed by atoms with Crippen LogP contribution >= 0.6 is 0 Å². The fourth-order valence-electron chi connectivity index (χ4n) is 3.40. The van der Waals surface area contributed by atoms with Crippen LogP contribution in [0.4, 0.5) is 0 Å². The van der Waals surface area contributed by atoms with E-state index in [1.54, 1.807) is 91.6 Å². The van der Waals surface area contributed by atoms with Crippen LogP contribution in [0.1, 0.15) is 16.7 Å². The van der Waals surface area contributed by atoms with E-state index in [2.05, 4.69) is 25.8 Å².